The largest absolute Gasteiger partial charge is 0.394 e. The van der Waals surface area contributed by atoms with E-state index in [4.69, 9.17) is 25.8 Å². The minimum absolute atomic E-state index is 0.0417. The second kappa shape index (κ2) is 6.52. The van der Waals surface area contributed by atoms with Gasteiger partial charge in [0.25, 0.3) is 0 Å². The highest BCUT2D eigenvalue weighted by Crippen LogP contribution is 2.30. The van der Waals surface area contributed by atoms with Crippen LogP contribution in [-0.4, -0.2) is 51.4 Å². The molecular formula is C10H14N6O5. The lowest BCUT2D eigenvalue weighted by atomic mass is 10.1. The Hall–Kier alpha value is -2.17. The number of ether oxygens (including phenoxy) is 2. The molecule has 0 amide bonds. The van der Waals surface area contributed by atoms with E-state index < -0.39 is 36.8 Å². The second-order valence-corrected chi connectivity index (χ2v) is 4.27. The van der Waals surface area contributed by atoms with Crippen LogP contribution >= 0.6 is 0 Å². The van der Waals surface area contributed by atoms with E-state index in [9.17, 15) is 9.90 Å². The van der Waals surface area contributed by atoms with Gasteiger partial charge in [-0.05, 0) is 11.6 Å². The monoisotopic (exact) mass is 298 g/mol. The minimum Gasteiger partial charge on any atom is -0.394 e. The topological polar surface area (TPSA) is 169 Å². The summed E-state index contributed by atoms with van der Waals surface area (Å²) in [4.78, 5) is 17.9. The fraction of sp³-hybridized carbons (Fsp3) is 0.600. The molecule has 1 aliphatic heterocycles. The molecule has 11 nitrogen and oxygen atoms in total. The Morgan fingerprint density at radius 3 is 3.05 bits per heavy atom. The molecule has 1 aromatic rings. The van der Waals surface area contributed by atoms with Crippen LogP contribution in [0.15, 0.2) is 22.2 Å². The maximum atomic E-state index is 11.8. The number of anilines is 1. The lowest BCUT2D eigenvalue weighted by Gasteiger charge is -2.21. The van der Waals surface area contributed by atoms with Crippen molar-refractivity contribution in [2.24, 2.45) is 5.11 Å². The first kappa shape index (κ1) is 15.2. The van der Waals surface area contributed by atoms with Crippen molar-refractivity contribution in [2.75, 3.05) is 19.1 Å². The molecule has 1 aromatic heterocycles. The number of hydrogen-bond donors (Lipinski definition) is 3. The van der Waals surface area contributed by atoms with E-state index in [1.807, 2.05) is 0 Å². The SMILES string of the molecule is [N-]=[N+]=NCO[C@@H]1[C@H](O)[C@@H](CO)O[C@H]1n1ccc(N)nc1=O. The highest BCUT2D eigenvalue weighted by molar-refractivity contribution is 5.23. The number of aliphatic hydroxyl groups is 2. The Balaban J connectivity index is 2.29. The maximum Gasteiger partial charge on any atom is 0.351 e. The van der Waals surface area contributed by atoms with E-state index in [0.29, 0.717) is 0 Å². The predicted octanol–water partition coefficient (Wildman–Crippen LogP) is -1.27. The summed E-state index contributed by atoms with van der Waals surface area (Å²) in [6.45, 7) is -0.816. The van der Waals surface area contributed by atoms with Gasteiger partial charge in [0.15, 0.2) is 6.23 Å². The van der Waals surface area contributed by atoms with E-state index in [1.54, 1.807) is 0 Å². The van der Waals surface area contributed by atoms with Crippen molar-refractivity contribution >= 4 is 5.82 Å². The molecule has 4 N–H and O–H groups in total. The normalized spacial score (nSPS) is 28.3. The average Bonchev–Trinajstić information content (AvgIpc) is 2.76. The van der Waals surface area contributed by atoms with Crippen LogP contribution in [0.25, 0.3) is 10.4 Å². The third-order valence-electron chi connectivity index (χ3n) is 3.01. The van der Waals surface area contributed by atoms with Crippen LogP contribution in [0.2, 0.25) is 0 Å². The van der Waals surface area contributed by atoms with Crippen LogP contribution < -0.4 is 11.4 Å². The standard InChI is InChI=1S/C10H14N6O5/c11-6-1-2-16(10(19)14-6)9-8(20-4-13-15-12)7(18)5(3-17)21-9/h1-2,5,7-9,17-18H,3-4H2,(H2,11,14,19)/t5-,7-,8-,9-/m1/s1. The molecule has 2 heterocycles. The number of nitrogens with two attached hydrogens (primary N) is 1. The highest BCUT2D eigenvalue weighted by Gasteiger charge is 2.45. The first-order valence-electron chi connectivity index (χ1n) is 6.00. The zero-order valence-electron chi connectivity index (χ0n) is 10.8. The number of rotatable bonds is 5. The summed E-state index contributed by atoms with van der Waals surface area (Å²) in [5, 5.41) is 22.4. The molecule has 1 fully saturated rings. The highest BCUT2D eigenvalue weighted by atomic mass is 16.6. The number of nitrogen functional groups attached to an aromatic ring is 1. The Labute approximate surface area is 118 Å². The van der Waals surface area contributed by atoms with E-state index in [2.05, 4.69) is 15.0 Å². The summed E-state index contributed by atoms with van der Waals surface area (Å²) in [6.07, 6.45) is -2.82. The van der Waals surface area contributed by atoms with Crippen LogP contribution in [-0.2, 0) is 9.47 Å². The van der Waals surface area contributed by atoms with Gasteiger partial charge in [-0.1, -0.05) is 5.11 Å². The number of hydrogen-bond acceptors (Lipinski definition) is 8. The zero-order valence-corrected chi connectivity index (χ0v) is 10.8. The molecule has 2 rings (SSSR count). The van der Waals surface area contributed by atoms with E-state index in [1.165, 1.54) is 12.3 Å². The maximum absolute atomic E-state index is 11.8. The summed E-state index contributed by atoms with van der Waals surface area (Å²) in [5.41, 5.74) is 12.9. The summed E-state index contributed by atoms with van der Waals surface area (Å²) >= 11 is 0. The van der Waals surface area contributed by atoms with E-state index in [0.717, 1.165) is 4.57 Å². The van der Waals surface area contributed by atoms with Gasteiger partial charge in [0.2, 0.25) is 0 Å². The van der Waals surface area contributed by atoms with Gasteiger partial charge in [-0.3, -0.25) is 4.57 Å². The zero-order chi connectivity index (χ0) is 15.4. The summed E-state index contributed by atoms with van der Waals surface area (Å²) in [6, 6.07) is 1.38. The number of aliphatic hydroxyl groups excluding tert-OH is 2. The molecule has 0 unspecified atom stereocenters. The molecule has 0 aliphatic carbocycles. The summed E-state index contributed by atoms with van der Waals surface area (Å²) < 4.78 is 11.7. The second-order valence-electron chi connectivity index (χ2n) is 4.27. The van der Waals surface area contributed by atoms with Crippen LogP contribution in [0.5, 0.6) is 0 Å². The van der Waals surface area contributed by atoms with Gasteiger partial charge in [0.1, 0.15) is 30.9 Å². The van der Waals surface area contributed by atoms with Crippen molar-refractivity contribution in [3.63, 3.8) is 0 Å². The molecule has 0 aromatic carbocycles. The number of aromatic nitrogens is 2. The van der Waals surface area contributed by atoms with Crippen molar-refractivity contribution in [3.05, 3.63) is 33.2 Å². The smallest absolute Gasteiger partial charge is 0.351 e. The molecule has 114 valence electrons. The fourth-order valence-electron chi connectivity index (χ4n) is 2.04. The predicted molar refractivity (Wildman–Crippen MR) is 68.8 cm³/mol. The minimum atomic E-state index is -1.20. The van der Waals surface area contributed by atoms with Crippen LogP contribution in [0, 0.1) is 0 Å². The van der Waals surface area contributed by atoms with Crippen molar-refractivity contribution in [1.82, 2.24) is 9.55 Å². The number of nitrogens with zero attached hydrogens (tertiary/aromatic N) is 5. The van der Waals surface area contributed by atoms with Gasteiger partial charge in [-0.25, -0.2) is 4.79 Å². The van der Waals surface area contributed by atoms with Crippen LogP contribution in [0.1, 0.15) is 6.23 Å². The third kappa shape index (κ3) is 3.12. The summed E-state index contributed by atoms with van der Waals surface area (Å²) in [5.74, 6) is 0.0417. The van der Waals surface area contributed by atoms with Gasteiger partial charge in [0.05, 0.1) is 6.61 Å². The molecular weight excluding hydrogens is 284 g/mol. The van der Waals surface area contributed by atoms with Crippen LogP contribution in [0.4, 0.5) is 5.82 Å². The van der Waals surface area contributed by atoms with Gasteiger partial charge < -0.3 is 25.4 Å². The van der Waals surface area contributed by atoms with Crippen molar-refractivity contribution < 1.29 is 19.7 Å². The molecule has 1 aliphatic rings. The van der Waals surface area contributed by atoms with E-state index >= 15 is 0 Å². The molecule has 0 spiro atoms. The molecule has 4 atom stereocenters. The average molecular weight is 298 g/mol. The Kier molecular flexibility index (Phi) is 4.73. The van der Waals surface area contributed by atoms with Crippen molar-refractivity contribution in [2.45, 2.75) is 24.5 Å². The summed E-state index contributed by atoms with van der Waals surface area (Å²) in [7, 11) is 0. The first-order valence-corrected chi connectivity index (χ1v) is 6.00. The lowest BCUT2D eigenvalue weighted by Crippen LogP contribution is -2.38. The quantitative estimate of drug-likeness (QED) is 0.345. The van der Waals surface area contributed by atoms with Gasteiger partial charge in [-0.2, -0.15) is 4.98 Å². The molecule has 11 heteroatoms. The molecule has 21 heavy (non-hydrogen) atoms. The van der Waals surface area contributed by atoms with Gasteiger partial charge >= 0.3 is 5.69 Å². The van der Waals surface area contributed by atoms with Crippen LogP contribution in [0.3, 0.4) is 0 Å². The van der Waals surface area contributed by atoms with Gasteiger partial charge in [0, 0.05) is 11.1 Å². The third-order valence-corrected chi connectivity index (χ3v) is 3.01. The fourth-order valence-corrected chi connectivity index (χ4v) is 2.04. The first-order chi connectivity index (χ1) is 10.1. The Morgan fingerprint density at radius 1 is 1.67 bits per heavy atom. The molecule has 0 radical (unpaired) electrons. The number of azide groups is 1. The van der Waals surface area contributed by atoms with Gasteiger partial charge in [-0.15, -0.1) is 0 Å². The lowest BCUT2D eigenvalue weighted by molar-refractivity contribution is -0.0729. The molecule has 0 bridgehead atoms. The van der Waals surface area contributed by atoms with E-state index in [-0.39, 0.29) is 12.5 Å². The molecule has 1 saturated heterocycles. The Bertz CT molecular complexity index is 600. The molecule has 0 saturated carbocycles. The van der Waals surface area contributed by atoms with Crippen molar-refractivity contribution in [1.29, 1.82) is 0 Å². The van der Waals surface area contributed by atoms with Crippen molar-refractivity contribution in [3.8, 4) is 0 Å². The Morgan fingerprint density at radius 2 is 2.43 bits per heavy atom.